The highest BCUT2D eigenvalue weighted by Crippen LogP contribution is 2.43. The number of ether oxygens (including phenoxy) is 2. The molecule has 3 rings (SSSR count). The fraction of sp³-hybridized carbons (Fsp3) is 0.423. The maximum absolute atomic E-state index is 14.2. The third-order valence-electron chi connectivity index (χ3n) is 6.10. The number of nitrogens with zero attached hydrogens (tertiary/aromatic N) is 3. The molecule has 0 saturated heterocycles. The summed E-state index contributed by atoms with van der Waals surface area (Å²) < 4.78 is 53.4. The molecule has 0 bridgehead atoms. The summed E-state index contributed by atoms with van der Waals surface area (Å²) in [6.07, 6.45) is 3.18. The third-order valence-corrected chi connectivity index (χ3v) is 8.04. The number of hydrogen-bond donors (Lipinski definition) is 0. The summed E-state index contributed by atoms with van der Waals surface area (Å²) in [5, 5.41) is 0. The number of rotatable bonds is 9. The molecule has 0 amide bonds. The second kappa shape index (κ2) is 11.7. The van der Waals surface area contributed by atoms with E-state index >= 15 is 0 Å². The van der Waals surface area contributed by atoms with Crippen molar-refractivity contribution in [1.29, 1.82) is 0 Å². The lowest BCUT2D eigenvalue weighted by Gasteiger charge is -2.30. The Morgan fingerprint density at radius 1 is 1.19 bits per heavy atom. The summed E-state index contributed by atoms with van der Waals surface area (Å²) in [6.45, 7) is 4.12. The maximum Gasteiger partial charge on any atom is 0.370 e. The highest BCUT2D eigenvalue weighted by Gasteiger charge is 2.37. The van der Waals surface area contributed by atoms with Crippen LogP contribution in [0.4, 0.5) is 21.5 Å². The largest absolute Gasteiger partial charge is 0.461 e. The Bertz CT molecular complexity index is 1200. The molecule has 10 heteroatoms. The molecule has 0 aliphatic carbocycles. The fourth-order valence-electron chi connectivity index (χ4n) is 4.10. The van der Waals surface area contributed by atoms with E-state index in [-0.39, 0.29) is 23.3 Å². The molecule has 1 aliphatic heterocycles. The molecule has 2 aromatic rings. The Morgan fingerprint density at radius 3 is 2.50 bits per heavy atom. The molecular weight excluding hydrogens is 485 g/mol. The van der Waals surface area contributed by atoms with Crippen LogP contribution in [0.15, 0.2) is 59.4 Å². The van der Waals surface area contributed by atoms with E-state index in [1.165, 1.54) is 10.4 Å². The molecule has 36 heavy (non-hydrogen) atoms. The van der Waals surface area contributed by atoms with Gasteiger partial charge < -0.3 is 19.3 Å². The quantitative estimate of drug-likeness (QED) is 0.267. The fourth-order valence-corrected chi connectivity index (χ4v) is 5.67. The Labute approximate surface area is 212 Å². The first kappa shape index (κ1) is 27.5. The first-order valence-electron chi connectivity index (χ1n) is 12.0. The van der Waals surface area contributed by atoms with Crippen molar-refractivity contribution >= 4 is 33.1 Å². The van der Waals surface area contributed by atoms with Crippen LogP contribution < -0.4 is 14.5 Å². The van der Waals surface area contributed by atoms with Crippen LogP contribution in [0.25, 0.3) is 0 Å². The van der Waals surface area contributed by atoms with E-state index in [9.17, 15) is 17.6 Å². The van der Waals surface area contributed by atoms with Gasteiger partial charge in [-0.3, -0.25) is 0 Å². The predicted octanol–water partition coefficient (Wildman–Crippen LogP) is 4.84. The van der Waals surface area contributed by atoms with Crippen LogP contribution in [0.5, 0.6) is 5.75 Å². The summed E-state index contributed by atoms with van der Waals surface area (Å²) in [4.78, 5) is 15.4. The van der Waals surface area contributed by atoms with Crippen molar-refractivity contribution in [2.45, 2.75) is 44.0 Å². The van der Waals surface area contributed by atoms with E-state index < -0.39 is 21.8 Å². The maximum atomic E-state index is 14.2. The minimum atomic E-state index is -3.92. The molecular formula is C26H34FN3O5S. The molecule has 0 spiro atoms. The molecule has 196 valence electrons. The number of carbonyl (C=O) groups is 1. The van der Waals surface area contributed by atoms with Gasteiger partial charge in [-0.25, -0.2) is 13.2 Å². The van der Waals surface area contributed by atoms with Crippen LogP contribution in [0.2, 0.25) is 0 Å². The molecule has 2 aromatic carbocycles. The lowest BCUT2D eigenvalue weighted by atomic mass is 10.1. The van der Waals surface area contributed by atoms with Gasteiger partial charge in [-0.1, -0.05) is 38.0 Å². The number of likely N-dealkylation sites (N-methyl/N-ethyl adjacent to an activating group) is 1. The number of sulfonamides is 1. The van der Waals surface area contributed by atoms with Crippen molar-refractivity contribution in [1.82, 2.24) is 4.31 Å². The summed E-state index contributed by atoms with van der Waals surface area (Å²) in [6, 6.07) is 12.5. The monoisotopic (exact) mass is 519 g/mol. The standard InChI is InChI=1S/C26H34FN3O5S/c1-6-8-12-20-17-30(19-13-10-9-11-14-19)23-15-22(28(3)4)24(16-25(23)36(32,33)29(20)5)35-18-21(27)26(31)34-7-2/h9-11,13-16,18,20H,6-8,12,17H2,1-5H3/b21-18-. The number of hydrogen-bond acceptors (Lipinski definition) is 7. The van der Waals surface area contributed by atoms with Crippen LogP contribution in [0.3, 0.4) is 0 Å². The zero-order chi connectivity index (χ0) is 26.5. The molecule has 1 atom stereocenters. The van der Waals surface area contributed by atoms with Crippen LogP contribution in [0.1, 0.15) is 33.1 Å². The van der Waals surface area contributed by atoms with Gasteiger partial charge in [-0.2, -0.15) is 8.70 Å². The van der Waals surface area contributed by atoms with Gasteiger partial charge in [0.1, 0.15) is 11.2 Å². The van der Waals surface area contributed by atoms with Gasteiger partial charge in [0.05, 0.1) is 18.0 Å². The number of halogens is 1. The van der Waals surface area contributed by atoms with Gasteiger partial charge in [0, 0.05) is 45.5 Å². The van der Waals surface area contributed by atoms with Gasteiger partial charge in [0.15, 0.2) is 5.75 Å². The van der Waals surface area contributed by atoms with E-state index in [1.54, 1.807) is 39.0 Å². The topological polar surface area (TPSA) is 79.4 Å². The minimum Gasteiger partial charge on any atom is -0.461 e. The zero-order valence-corrected chi connectivity index (χ0v) is 22.2. The van der Waals surface area contributed by atoms with Crippen molar-refractivity contribution in [2.75, 3.05) is 44.1 Å². The highest BCUT2D eigenvalue weighted by atomic mass is 32.2. The van der Waals surface area contributed by atoms with E-state index in [4.69, 9.17) is 4.74 Å². The molecule has 0 radical (unpaired) electrons. The minimum absolute atomic E-state index is 0.0149. The van der Waals surface area contributed by atoms with Crippen molar-refractivity contribution < 1.29 is 27.1 Å². The number of para-hydroxylation sites is 1. The molecule has 1 heterocycles. The van der Waals surface area contributed by atoms with Gasteiger partial charge in [-0.05, 0) is 31.5 Å². The molecule has 0 saturated carbocycles. The van der Waals surface area contributed by atoms with Crippen LogP contribution >= 0.6 is 0 Å². The molecule has 1 aliphatic rings. The van der Waals surface area contributed by atoms with Gasteiger partial charge in [0.25, 0.3) is 0 Å². The SMILES string of the molecule is CCCCC1CN(c2ccccc2)c2cc(N(C)C)c(O/C=C(\F)C(=O)OCC)cc2S(=O)(=O)N1C. The first-order valence-corrected chi connectivity index (χ1v) is 13.4. The van der Waals surface area contributed by atoms with Crippen molar-refractivity contribution in [3.05, 3.63) is 54.6 Å². The summed E-state index contributed by atoms with van der Waals surface area (Å²) in [5.74, 6) is -2.28. The molecule has 0 N–H and O–H groups in total. The number of anilines is 3. The summed E-state index contributed by atoms with van der Waals surface area (Å²) in [7, 11) is 1.22. The highest BCUT2D eigenvalue weighted by molar-refractivity contribution is 7.89. The van der Waals surface area contributed by atoms with Crippen LogP contribution in [-0.2, 0) is 19.6 Å². The number of esters is 1. The van der Waals surface area contributed by atoms with Gasteiger partial charge in [0.2, 0.25) is 15.9 Å². The smallest absolute Gasteiger partial charge is 0.370 e. The Hall–Kier alpha value is -3.11. The van der Waals surface area contributed by atoms with Crippen molar-refractivity contribution in [3.63, 3.8) is 0 Å². The number of fused-ring (bicyclic) bond motifs is 1. The average Bonchev–Trinajstić information content (AvgIpc) is 2.94. The number of benzene rings is 2. The molecule has 0 aromatic heterocycles. The van der Waals surface area contributed by atoms with E-state index in [0.717, 1.165) is 18.5 Å². The predicted molar refractivity (Wildman–Crippen MR) is 139 cm³/mol. The third kappa shape index (κ3) is 5.82. The Kier molecular flexibility index (Phi) is 8.97. The Balaban J connectivity index is 2.20. The van der Waals surface area contributed by atoms with Crippen molar-refractivity contribution in [2.24, 2.45) is 0 Å². The van der Waals surface area contributed by atoms with E-state index in [0.29, 0.717) is 30.6 Å². The number of unbranched alkanes of at least 4 members (excludes halogenated alkanes) is 1. The molecule has 1 unspecified atom stereocenters. The zero-order valence-electron chi connectivity index (χ0n) is 21.4. The molecule has 8 nitrogen and oxygen atoms in total. The normalized spacial score (nSPS) is 17.8. The van der Waals surface area contributed by atoms with E-state index in [1.807, 2.05) is 35.2 Å². The molecule has 0 fully saturated rings. The number of carbonyl (C=O) groups excluding carboxylic acids is 1. The van der Waals surface area contributed by atoms with Gasteiger partial charge >= 0.3 is 5.97 Å². The lowest BCUT2D eigenvalue weighted by molar-refractivity contribution is -0.140. The first-order chi connectivity index (χ1) is 17.1. The summed E-state index contributed by atoms with van der Waals surface area (Å²) >= 11 is 0. The second-order valence-electron chi connectivity index (χ2n) is 8.75. The van der Waals surface area contributed by atoms with Gasteiger partial charge in [-0.15, -0.1) is 0 Å². The Morgan fingerprint density at radius 2 is 1.89 bits per heavy atom. The van der Waals surface area contributed by atoms with Crippen molar-refractivity contribution in [3.8, 4) is 5.75 Å². The average molecular weight is 520 g/mol. The second-order valence-corrected chi connectivity index (χ2v) is 10.7. The van der Waals surface area contributed by atoms with Crippen LogP contribution in [-0.4, -0.2) is 59.0 Å². The summed E-state index contributed by atoms with van der Waals surface area (Å²) in [5.41, 5.74) is 1.88. The lowest BCUT2D eigenvalue weighted by Crippen LogP contribution is -2.40. The van der Waals surface area contributed by atoms with E-state index in [2.05, 4.69) is 11.7 Å². The van der Waals surface area contributed by atoms with Crippen LogP contribution in [0, 0.1) is 0 Å².